The molecule has 2 aromatic rings. The molecule has 1 aromatic carbocycles. The van der Waals surface area contributed by atoms with E-state index in [2.05, 4.69) is 36.2 Å². The molecule has 1 aromatic heterocycles. The van der Waals surface area contributed by atoms with Crippen molar-refractivity contribution < 1.29 is 4.79 Å². The second-order valence-electron chi connectivity index (χ2n) is 6.96. The number of benzene rings is 1. The molecule has 1 amide bonds. The van der Waals surface area contributed by atoms with Crippen LogP contribution in [0.5, 0.6) is 0 Å². The summed E-state index contributed by atoms with van der Waals surface area (Å²) < 4.78 is 0. The molecule has 1 saturated heterocycles. The monoisotopic (exact) mass is 370 g/mol. The molecule has 0 aliphatic carbocycles. The maximum Gasteiger partial charge on any atom is 0.248 e. The van der Waals surface area contributed by atoms with E-state index < -0.39 is 5.91 Å². The van der Waals surface area contributed by atoms with Crippen LogP contribution in [0.15, 0.2) is 18.2 Å². The molecule has 9 heteroatoms. The number of nitrogens with zero attached hydrogens (tertiary/aromatic N) is 3. The van der Waals surface area contributed by atoms with Crippen molar-refractivity contribution in [2.75, 3.05) is 29.0 Å². The number of aryl methyl sites for hydroxylation is 1. The van der Waals surface area contributed by atoms with Crippen LogP contribution >= 0.6 is 0 Å². The maximum atomic E-state index is 11.5. The minimum atomic E-state index is -0.480. The molecule has 1 atom stereocenters. The number of carbonyl (C=O) groups excluding carboxylic acids is 1. The number of aromatic nitrogens is 3. The fourth-order valence-corrected chi connectivity index (χ4v) is 2.81. The van der Waals surface area contributed by atoms with Crippen molar-refractivity contribution in [3.05, 3.63) is 29.3 Å². The third-order valence-electron chi connectivity index (χ3n) is 4.22. The molecule has 0 radical (unpaired) electrons. The van der Waals surface area contributed by atoms with Crippen LogP contribution in [0.1, 0.15) is 36.2 Å². The van der Waals surface area contributed by atoms with Gasteiger partial charge in [-0.05, 0) is 51.4 Å². The van der Waals surface area contributed by atoms with Crippen molar-refractivity contribution in [2.45, 2.75) is 39.3 Å². The smallest absolute Gasteiger partial charge is 0.248 e. The number of anilines is 4. The van der Waals surface area contributed by atoms with Crippen molar-refractivity contribution in [1.82, 2.24) is 20.3 Å². The summed E-state index contributed by atoms with van der Waals surface area (Å²) >= 11 is 0. The van der Waals surface area contributed by atoms with E-state index in [1.54, 1.807) is 12.1 Å². The quantitative estimate of drug-likeness (QED) is 0.497. The van der Waals surface area contributed by atoms with E-state index in [1.165, 1.54) is 0 Å². The third-order valence-corrected chi connectivity index (χ3v) is 4.22. The molecule has 9 nitrogen and oxygen atoms in total. The first-order valence-corrected chi connectivity index (χ1v) is 9.08. The molecule has 144 valence electrons. The number of carbonyl (C=O) groups is 1. The van der Waals surface area contributed by atoms with E-state index >= 15 is 0 Å². The lowest BCUT2D eigenvalue weighted by Crippen LogP contribution is -2.24. The SMILES string of the molecule is Cc1ccc(C(N)=O)cc1Nc1nc(NC(C)C)nc(NC2CCNC2)n1. The summed E-state index contributed by atoms with van der Waals surface area (Å²) in [7, 11) is 0. The molecule has 27 heavy (non-hydrogen) atoms. The molecule has 2 heterocycles. The summed E-state index contributed by atoms with van der Waals surface area (Å²) in [6.07, 6.45) is 1.02. The lowest BCUT2D eigenvalue weighted by Gasteiger charge is -2.16. The Bertz CT molecular complexity index is 817. The van der Waals surface area contributed by atoms with Gasteiger partial charge >= 0.3 is 0 Å². The summed E-state index contributed by atoms with van der Waals surface area (Å²) in [4.78, 5) is 24.9. The van der Waals surface area contributed by atoms with Gasteiger partial charge in [0, 0.05) is 29.9 Å². The maximum absolute atomic E-state index is 11.5. The molecule has 1 fully saturated rings. The summed E-state index contributed by atoms with van der Waals surface area (Å²) in [6.45, 7) is 7.83. The average molecular weight is 370 g/mol. The van der Waals surface area contributed by atoms with Gasteiger partial charge < -0.3 is 27.0 Å². The highest BCUT2D eigenvalue weighted by Crippen LogP contribution is 2.22. The van der Waals surface area contributed by atoms with Crippen LogP contribution in [0.4, 0.5) is 23.5 Å². The second kappa shape index (κ2) is 8.17. The first-order chi connectivity index (χ1) is 12.9. The molecule has 1 unspecified atom stereocenters. The Morgan fingerprint density at radius 3 is 2.63 bits per heavy atom. The van der Waals surface area contributed by atoms with Gasteiger partial charge in [0.15, 0.2) is 0 Å². The van der Waals surface area contributed by atoms with Gasteiger partial charge in [0.05, 0.1) is 0 Å². The fraction of sp³-hybridized carbons (Fsp3) is 0.444. The molecular formula is C18H26N8O. The lowest BCUT2D eigenvalue weighted by molar-refractivity contribution is 0.100. The number of hydrogen-bond donors (Lipinski definition) is 5. The first-order valence-electron chi connectivity index (χ1n) is 9.08. The number of hydrogen-bond acceptors (Lipinski definition) is 8. The Morgan fingerprint density at radius 1 is 1.22 bits per heavy atom. The Morgan fingerprint density at radius 2 is 1.96 bits per heavy atom. The Kier molecular flexibility index (Phi) is 5.70. The normalized spacial score (nSPS) is 16.4. The first kappa shape index (κ1) is 18.8. The van der Waals surface area contributed by atoms with Crippen molar-refractivity contribution in [1.29, 1.82) is 0 Å². The van der Waals surface area contributed by atoms with E-state index in [4.69, 9.17) is 5.73 Å². The number of amides is 1. The van der Waals surface area contributed by atoms with Gasteiger partial charge in [-0.3, -0.25) is 4.79 Å². The third kappa shape index (κ3) is 5.04. The van der Waals surface area contributed by atoms with Crippen LogP contribution in [0.3, 0.4) is 0 Å². The largest absolute Gasteiger partial charge is 0.366 e. The highest BCUT2D eigenvalue weighted by atomic mass is 16.1. The van der Waals surface area contributed by atoms with Crippen LogP contribution in [0.2, 0.25) is 0 Å². The molecule has 6 N–H and O–H groups in total. The zero-order valence-electron chi connectivity index (χ0n) is 15.8. The van der Waals surface area contributed by atoms with Gasteiger partial charge in [-0.1, -0.05) is 6.07 Å². The summed E-state index contributed by atoms with van der Waals surface area (Å²) in [5.74, 6) is 0.908. The van der Waals surface area contributed by atoms with Crippen LogP contribution in [0.25, 0.3) is 0 Å². The molecule has 0 spiro atoms. The molecule has 0 bridgehead atoms. The average Bonchev–Trinajstić information content (AvgIpc) is 3.08. The second-order valence-corrected chi connectivity index (χ2v) is 6.96. The predicted octanol–water partition coefficient (Wildman–Crippen LogP) is 1.62. The van der Waals surface area contributed by atoms with E-state index in [9.17, 15) is 4.79 Å². The number of nitrogens with two attached hydrogens (primary N) is 1. The minimum Gasteiger partial charge on any atom is -0.366 e. The summed E-state index contributed by atoms with van der Waals surface area (Å²) in [5, 5.41) is 13.0. The highest BCUT2D eigenvalue weighted by molar-refractivity contribution is 5.94. The Labute approximate surface area is 158 Å². The number of rotatable bonds is 7. The van der Waals surface area contributed by atoms with Gasteiger partial charge in [0.25, 0.3) is 0 Å². The van der Waals surface area contributed by atoms with E-state index in [-0.39, 0.29) is 12.1 Å². The molecule has 3 rings (SSSR count). The van der Waals surface area contributed by atoms with Crippen molar-refractivity contribution >= 4 is 29.4 Å². The standard InChI is InChI=1S/C18H26N8O/c1-10(2)21-16-24-17(22-13-6-7-20-9-13)26-18(25-16)23-14-8-12(15(19)27)5-4-11(14)3/h4-5,8,10,13,20H,6-7,9H2,1-3H3,(H2,19,27)(H3,21,22,23,24,25,26). The minimum absolute atomic E-state index is 0.182. The van der Waals surface area contributed by atoms with Crippen molar-refractivity contribution in [3.8, 4) is 0 Å². The van der Waals surface area contributed by atoms with Crippen molar-refractivity contribution in [2.24, 2.45) is 5.73 Å². The van der Waals surface area contributed by atoms with Crippen LogP contribution in [-0.2, 0) is 0 Å². The van der Waals surface area contributed by atoms with E-state index in [1.807, 2.05) is 26.8 Å². The van der Waals surface area contributed by atoms with Gasteiger partial charge in [0.2, 0.25) is 23.8 Å². The van der Waals surface area contributed by atoms with E-state index in [0.717, 1.165) is 30.8 Å². The molecule has 1 aliphatic heterocycles. The van der Waals surface area contributed by atoms with Gasteiger partial charge in [-0.15, -0.1) is 0 Å². The highest BCUT2D eigenvalue weighted by Gasteiger charge is 2.17. The van der Waals surface area contributed by atoms with Gasteiger partial charge in [0.1, 0.15) is 0 Å². The van der Waals surface area contributed by atoms with Crippen LogP contribution in [-0.4, -0.2) is 46.0 Å². The predicted molar refractivity (Wildman–Crippen MR) is 106 cm³/mol. The molecule has 0 saturated carbocycles. The zero-order valence-corrected chi connectivity index (χ0v) is 15.8. The van der Waals surface area contributed by atoms with Gasteiger partial charge in [-0.25, -0.2) is 0 Å². The zero-order chi connectivity index (χ0) is 19.4. The van der Waals surface area contributed by atoms with Crippen molar-refractivity contribution in [3.63, 3.8) is 0 Å². The van der Waals surface area contributed by atoms with Gasteiger partial charge in [-0.2, -0.15) is 15.0 Å². The number of nitrogens with one attached hydrogen (secondary N) is 4. The lowest BCUT2D eigenvalue weighted by atomic mass is 10.1. The number of primary amides is 1. The van der Waals surface area contributed by atoms with E-state index in [0.29, 0.717) is 23.4 Å². The Hall–Kier alpha value is -2.94. The summed E-state index contributed by atoms with van der Waals surface area (Å²) in [5.41, 5.74) is 7.49. The summed E-state index contributed by atoms with van der Waals surface area (Å²) in [6, 6.07) is 5.70. The Balaban J connectivity index is 1.88. The molecule has 1 aliphatic rings. The molecular weight excluding hydrogens is 344 g/mol. The fourth-order valence-electron chi connectivity index (χ4n) is 2.81. The topological polar surface area (TPSA) is 130 Å². The van der Waals surface area contributed by atoms with Crippen LogP contribution in [0, 0.1) is 6.92 Å². The van der Waals surface area contributed by atoms with Crippen LogP contribution < -0.4 is 27.0 Å².